The van der Waals surface area contributed by atoms with E-state index in [9.17, 15) is 18.0 Å². The monoisotopic (exact) mass is 408 g/mol. The second-order valence-corrected chi connectivity index (χ2v) is 7.95. The second-order valence-electron chi connectivity index (χ2n) is 7.11. The molecule has 28 heavy (non-hydrogen) atoms. The van der Waals surface area contributed by atoms with Crippen molar-refractivity contribution in [3.05, 3.63) is 47.2 Å². The molecule has 3 atom stereocenters. The molecular formula is C19H19F3N4OS. The number of halogens is 3. The molecule has 5 nitrogen and oxygen atoms in total. The maximum Gasteiger partial charge on any atom is 0.434 e. The minimum absolute atomic E-state index is 0.140. The Morgan fingerprint density at radius 2 is 2.14 bits per heavy atom. The smallest absolute Gasteiger partial charge is 0.353 e. The Hall–Kier alpha value is -2.42. The zero-order chi connectivity index (χ0) is 19.7. The van der Waals surface area contributed by atoms with Gasteiger partial charge < -0.3 is 10.2 Å². The molecule has 9 heteroatoms. The van der Waals surface area contributed by atoms with Crippen LogP contribution in [0.25, 0.3) is 6.08 Å². The summed E-state index contributed by atoms with van der Waals surface area (Å²) in [6.07, 6.45) is 3.07. The second kappa shape index (κ2) is 7.54. The van der Waals surface area contributed by atoms with Gasteiger partial charge in [0, 0.05) is 43.5 Å². The first-order chi connectivity index (χ1) is 13.4. The zero-order valence-corrected chi connectivity index (χ0v) is 15.7. The number of alkyl halides is 3. The fraction of sp³-hybridized carbons (Fsp3) is 0.421. The van der Waals surface area contributed by atoms with Gasteiger partial charge in [-0.1, -0.05) is 6.07 Å². The van der Waals surface area contributed by atoms with Gasteiger partial charge in [-0.15, -0.1) is 11.3 Å². The van der Waals surface area contributed by atoms with Crippen LogP contribution in [0.5, 0.6) is 0 Å². The lowest BCUT2D eigenvalue weighted by Crippen LogP contribution is -2.26. The molecule has 2 fully saturated rings. The van der Waals surface area contributed by atoms with Crippen LogP contribution in [0.15, 0.2) is 36.0 Å². The third kappa shape index (κ3) is 4.19. The van der Waals surface area contributed by atoms with E-state index in [-0.39, 0.29) is 5.91 Å². The highest BCUT2D eigenvalue weighted by Gasteiger charge is 2.55. The number of hydrogen-bond donors (Lipinski definition) is 1. The molecule has 0 bridgehead atoms. The van der Waals surface area contributed by atoms with Crippen molar-refractivity contribution < 1.29 is 18.0 Å². The number of hydrogen-bond acceptors (Lipinski definition) is 5. The highest BCUT2D eigenvalue weighted by Crippen LogP contribution is 2.54. The van der Waals surface area contributed by atoms with E-state index in [0.29, 0.717) is 29.4 Å². The number of pyridine rings is 1. The van der Waals surface area contributed by atoms with E-state index in [1.165, 1.54) is 6.08 Å². The molecule has 1 saturated heterocycles. The van der Waals surface area contributed by atoms with E-state index in [0.717, 1.165) is 41.8 Å². The van der Waals surface area contributed by atoms with Gasteiger partial charge >= 0.3 is 6.18 Å². The van der Waals surface area contributed by atoms with Crippen LogP contribution in [-0.4, -0.2) is 35.5 Å². The number of amides is 1. The van der Waals surface area contributed by atoms with E-state index in [4.69, 9.17) is 0 Å². The maximum atomic E-state index is 12.7. The molecule has 1 unspecified atom stereocenters. The molecule has 0 radical (unpaired) electrons. The lowest BCUT2D eigenvalue weighted by Gasteiger charge is -2.18. The first-order valence-electron chi connectivity index (χ1n) is 9.05. The Kier molecular flexibility index (Phi) is 5.09. The lowest BCUT2D eigenvalue weighted by atomic mass is 10.2. The van der Waals surface area contributed by atoms with Gasteiger partial charge in [-0.3, -0.25) is 9.78 Å². The van der Waals surface area contributed by atoms with Crippen molar-refractivity contribution in [3.8, 4) is 0 Å². The van der Waals surface area contributed by atoms with Crippen LogP contribution < -0.4 is 10.2 Å². The predicted octanol–water partition coefficient (Wildman–Crippen LogP) is 3.46. The van der Waals surface area contributed by atoms with Gasteiger partial charge in [0.15, 0.2) is 10.8 Å². The quantitative estimate of drug-likeness (QED) is 0.744. The normalized spacial score (nSPS) is 23.8. The summed E-state index contributed by atoms with van der Waals surface area (Å²) >= 11 is 1.05. The molecule has 1 amide bonds. The largest absolute Gasteiger partial charge is 0.434 e. The average molecular weight is 408 g/mol. The highest BCUT2D eigenvalue weighted by atomic mass is 32.1. The number of rotatable bonds is 6. The minimum atomic E-state index is -4.39. The molecule has 148 valence electrons. The number of carbonyl (C=O) groups excluding carboxylic acids is 1. The zero-order valence-electron chi connectivity index (χ0n) is 14.9. The van der Waals surface area contributed by atoms with Crippen LogP contribution in [0.4, 0.5) is 18.3 Å². The summed E-state index contributed by atoms with van der Waals surface area (Å²) in [6, 6.07) is 3.68. The van der Waals surface area contributed by atoms with Gasteiger partial charge in [-0.2, -0.15) is 13.2 Å². The SMILES string of the molecule is O=C(/C=C/c1cccnc1)NCCC1[C@H]2CN(c3nc(C(F)(F)F)cs3)C[C@@H]12. The summed E-state index contributed by atoms with van der Waals surface area (Å²) in [6.45, 7) is 2.09. The van der Waals surface area contributed by atoms with Gasteiger partial charge in [-0.25, -0.2) is 4.98 Å². The van der Waals surface area contributed by atoms with Crippen molar-refractivity contribution in [3.63, 3.8) is 0 Å². The van der Waals surface area contributed by atoms with Gasteiger partial charge in [0.25, 0.3) is 0 Å². The third-order valence-corrected chi connectivity index (χ3v) is 6.21. The first-order valence-corrected chi connectivity index (χ1v) is 9.93. The van der Waals surface area contributed by atoms with Crippen LogP contribution in [0, 0.1) is 17.8 Å². The Morgan fingerprint density at radius 1 is 1.36 bits per heavy atom. The molecule has 1 saturated carbocycles. The maximum absolute atomic E-state index is 12.7. The van der Waals surface area contributed by atoms with E-state index in [1.54, 1.807) is 18.5 Å². The van der Waals surface area contributed by atoms with E-state index in [1.807, 2.05) is 17.0 Å². The molecular weight excluding hydrogens is 389 g/mol. The van der Waals surface area contributed by atoms with Crippen molar-refractivity contribution in [2.24, 2.45) is 17.8 Å². The molecule has 0 spiro atoms. The molecule has 3 heterocycles. The van der Waals surface area contributed by atoms with E-state index < -0.39 is 11.9 Å². The molecule has 4 rings (SSSR count). The Labute approximate surface area is 164 Å². The number of thiazole rings is 1. The van der Waals surface area contributed by atoms with Crippen LogP contribution in [0.2, 0.25) is 0 Å². The molecule has 2 aromatic heterocycles. The standard InChI is InChI=1S/C19H19F3N4OS/c20-19(21,22)16-11-28-18(25-16)26-9-14-13(15(14)10-26)5-7-24-17(27)4-3-12-2-1-6-23-8-12/h1-4,6,8,11,13-15H,5,7,9-10H2,(H,24,27)/b4-3+/t13?,14-,15+. The van der Waals surface area contributed by atoms with Crippen LogP contribution in [0.1, 0.15) is 17.7 Å². The van der Waals surface area contributed by atoms with Crippen LogP contribution in [0.3, 0.4) is 0 Å². The highest BCUT2D eigenvalue weighted by molar-refractivity contribution is 7.13. The molecule has 2 aromatic rings. The lowest BCUT2D eigenvalue weighted by molar-refractivity contribution is -0.140. The fourth-order valence-corrected chi connectivity index (χ4v) is 4.69. The summed E-state index contributed by atoms with van der Waals surface area (Å²) in [5.74, 6) is 1.36. The van der Waals surface area contributed by atoms with E-state index >= 15 is 0 Å². The van der Waals surface area contributed by atoms with Crippen molar-refractivity contribution >= 4 is 28.5 Å². The van der Waals surface area contributed by atoms with Crippen molar-refractivity contribution in [1.82, 2.24) is 15.3 Å². The summed E-state index contributed by atoms with van der Waals surface area (Å²) in [4.78, 5) is 21.5. The van der Waals surface area contributed by atoms with Crippen molar-refractivity contribution in [2.75, 3.05) is 24.5 Å². The van der Waals surface area contributed by atoms with Crippen LogP contribution >= 0.6 is 11.3 Å². The molecule has 1 aliphatic carbocycles. The summed E-state index contributed by atoms with van der Waals surface area (Å²) in [5, 5.41) is 4.41. The predicted molar refractivity (Wildman–Crippen MR) is 101 cm³/mol. The third-order valence-electron chi connectivity index (χ3n) is 5.31. The summed E-state index contributed by atoms with van der Waals surface area (Å²) < 4.78 is 38.0. The number of nitrogens with zero attached hydrogens (tertiary/aromatic N) is 3. The van der Waals surface area contributed by atoms with Gasteiger partial charge in [0.05, 0.1) is 0 Å². The molecule has 1 aliphatic heterocycles. The summed E-state index contributed by atoms with van der Waals surface area (Å²) in [5.41, 5.74) is 0.0528. The van der Waals surface area contributed by atoms with Crippen molar-refractivity contribution in [1.29, 1.82) is 0 Å². The van der Waals surface area contributed by atoms with Gasteiger partial charge in [0.2, 0.25) is 5.91 Å². The number of nitrogens with one attached hydrogen (secondary N) is 1. The Morgan fingerprint density at radius 3 is 2.79 bits per heavy atom. The molecule has 1 N–H and O–H groups in total. The van der Waals surface area contributed by atoms with Gasteiger partial charge in [0.1, 0.15) is 0 Å². The van der Waals surface area contributed by atoms with E-state index in [2.05, 4.69) is 15.3 Å². The summed E-state index contributed by atoms with van der Waals surface area (Å²) in [7, 11) is 0. The molecule has 0 aromatic carbocycles. The fourth-order valence-electron chi connectivity index (χ4n) is 3.84. The Bertz CT molecular complexity index is 856. The number of aromatic nitrogens is 2. The van der Waals surface area contributed by atoms with Gasteiger partial charge in [-0.05, 0) is 41.9 Å². The minimum Gasteiger partial charge on any atom is -0.353 e. The Balaban J connectivity index is 1.18. The topological polar surface area (TPSA) is 58.1 Å². The number of piperidine rings is 1. The number of carbonyl (C=O) groups is 1. The number of fused-ring (bicyclic) bond motifs is 1. The first kappa shape index (κ1) is 18.9. The molecule has 2 aliphatic rings. The van der Waals surface area contributed by atoms with Crippen molar-refractivity contribution in [2.45, 2.75) is 12.6 Å². The van der Waals surface area contributed by atoms with Crippen LogP contribution in [-0.2, 0) is 11.0 Å². The average Bonchev–Trinajstić information content (AvgIpc) is 3.08. The number of anilines is 1.